The topological polar surface area (TPSA) is 81.7 Å². The van der Waals surface area contributed by atoms with Crippen molar-refractivity contribution in [3.8, 4) is 0 Å². The van der Waals surface area contributed by atoms with Gasteiger partial charge in [-0.1, -0.05) is 24.3 Å². The van der Waals surface area contributed by atoms with Crippen LogP contribution in [0.2, 0.25) is 0 Å². The summed E-state index contributed by atoms with van der Waals surface area (Å²) in [5, 5.41) is 2.67. The van der Waals surface area contributed by atoms with E-state index in [1.807, 2.05) is 26.0 Å². The van der Waals surface area contributed by atoms with Gasteiger partial charge >= 0.3 is 11.9 Å². The molecule has 134 valence electrons. The summed E-state index contributed by atoms with van der Waals surface area (Å²) >= 11 is 0. The highest BCUT2D eigenvalue weighted by atomic mass is 16.6. The lowest BCUT2D eigenvalue weighted by Gasteiger charge is -2.23. The molecule has 0 bridgehead atoms. The molecule has 0 saturated heterocycles. The highest BCUT2D eigenvalue weighted by Gasteiger charge is 2.32. The minimum absolute atomic E-state index is 0.236. The van der Waals surface area contributed by atoms with Crippen LogP contribution in [0.15, 0.2) is 42.5 Å². The number of benzene rings is 2. The molecule has 0 unspecified atom stereocenters. The molecular weight excluding hydrogens is 334 g/mol. The van der Waals surface area contributed by atoms with Crippen LogP contribution in [-0.2, 0) is 25.5 Å². The largest absolute Gasteiger partial charge is 0.453 e. The average molecular weight is 353 g/mol. The Bertz CT molecular complexity index is 874. The van der Waals surface area contributed by atoms with Crippen molar-refractivity contribution in [1.82, 2.24) is 0 Å². The first-order valence-corrected chi connectivity index (χ1v) is 8.26. The first kappa shape index (κ1) is 17.7. The van der Waals surface area contributed by atoms with Crippen LogP contribution in [0.5, 0.6) is 0 Å². The second kappa shape index (κ2) is 7.39. The Labute approximate surface area is 151 Å². The summed E-state index contributed by atoms with van der Waals surface area (Å²) in [6, 6.07) is 12.5. The molecule has 0 radical (unpaired) electrons. The number of aryl methyl sites for hydroxylation is 2. The van der Waals surface area contributed by atoms with E-state index >= 15 is 0 Å². The molecule has 0 fully saturated rings. The van der Waals surface area contributed by atoms with E-state index in [2.05, 4.69) is 5.32 Å². The molecule has 3 rings (SSSR count). The Kier molecular flexibility index (Phi) is 5.02. The molecule has 1 heterocycles. The Hall–Kier alpha value is -3.15. The van der Waals surface area contributed by atoms with Crippen LogP contribution in [0.1, 0.15) is 27.0 Å². The number of hydrogen-bond acceptors (Lipinski definition) is 5. The normalized spacial score (nSPS) is 15.6. The summed E-state index contributed by atoms with van der Waals surface area (Å²) in [5.41, 5.74) is 3.97. The van der Waals surface area contributed by atoms with Crippen molar-refractivity contribution in [3.05, 3.63) is 64.7 Å². The molecule has 26 heavy (non-hydrogen) atoms. The van der Waals surface area contributed by atoms with Crippen molar-refractivity contribution in [2.75, 3.05) is 11.9 Å². The minimum Gasteiger partial charge on any atom is -0.453 e. The summed E-state index contributed by atoms with van der Waals surface area (Å²) in [6.07, 6.45) is -0.800. The lowest BCUT2D eigenvalue weighted by Crippen LogP contribution is -2.36. The SMILES string of the molecule is Cc1ccc(NC(=O)COC(=O)[C@@H]2Cc3ccccc3C(=O)O2)cc1C. The fraction of sp³-hybridized carbons (Fsp3) is 0.250. The molecule has 6 heteroatoms. The number of fused-ring (bicyclic) bond motifs is 1. The van der Waals surface area contributed by atoms with Crippen LogP contribution < -0.4 is 5.32 Å². The van der Waals surface area contributed by atoms with Crippen molar-refractivity contribution in [3.63, 3.8) is 0 Å². The Balaban J connectivity index is 1.55. The van der Waals surface area contributed by atoms with Gasteiger partial charge in [-0.2, -0.15) is 0 Å². The Morgan fingerprint density at radius 2 is 1.92 bits per heavy atom. The molecule has 1 aliphatic heterocycles. The zero-order valence-electron chi connectivity index (χ0n) is 14.6. The number of anilines is 1. The van der Waals surface area contributed by atoms with Gasteiger partial charge in [-0.3, -0.25) is 4.79 Å². The van der Waals surface area contributed by atoms with Crippen molar-refractivity contribution >= 4 is 23.5 Å². The number of carbonyl (C=O) groups is 3. The van der Waals surface area contributed by atoms with E-state index in [1.54, 1.807) is 30.3 Å². The maximum absolute atomic E-state index is 12.1. The average Bonchev–Trinajstić information content (AvgIpc) is 2.63. The molecule has 0 aromatic heterocycles. The summed E-state index contributed by atoms with van der Waals surface area (Å²) in [6.45, 7) is 3.48. The third-order valence-corrected chi connectivity index (χ3v) is 4.29. The first-order chi connectivity index (χ1) is 12.4. The van der Waals surface area contributed by atoms with Gasteiger partial charge in [0, 0.05) is 12.1 Å². The maximum atomic E-state index is 12.1. The second-order valence-electron chi connectivity index (χ2n) is 6.21. The molecule has 2 aromatic carbocycles. The molecule has 1 atom stereocenters. The van der Waals surface area contributed by atoms with Gasteiger partial charge in [0.1, 0.15) is 0 Å². The number of cyclic esters (lactones) is 1. The molecule has 2 aromatic rings. The first-order valence-electron chi connectivity index (χ1n) is 8.26. The van der Waals surface area contributed by atoms with Crippen molar-refractivity contribution < 1.29 is 23.9 Å². The van der Waals surface area contributed by atoms with Crippen molar-refractivity contribution in [2.24, 2.45) is 0 Å². The fourth-order valence-electron chi connectivity index (χ4n) is 2.71. The number of amides is 1. The van der Waals surface area contributed by atoms with E-state index in [1.165, 1.54) is 0 Å². The third-order valence-electron chi connectivity index (χ3n) is 4.29. The van der Waals surface area contributed by atoms with Crippen LogP contribution >= 0.6 is 0 Å². The van der Waals surface area contributed by atoms with Gasteiger partial charge in [-0.25, -0.2) is 9.59 Å². The summed E-state index contributed by atoms with van der Waals surface area (Å²) < 4.78 is 10.1. The van der Waals surface area contributed by atoms with Crippen molar-refractivity contribution in [2.45, 2.75) is 26.4 Å². The third kappa shape index (κ3) is 3.91. The standard InChI is InChI=1S/C20H19NO5/c1-12-7-8-15(9-13(12)2)21-18(22)11-25-20(24)17-10-14-5-3-4-6-16(14)19(23)26-17/h3-9,17H,10-11H2,1-2H3,(H,21,22)/t17-/m0/s1. The highest BCUT2D eigenvalue weighted by Crippen LogP contribution is 2.21. The Morgan fingerprint density at radius 1 is 1.15 bits per heavy atom. The monoisotopic (exact) mass is 353 g/mol. The van der Waals surface area contributed by atoms with E-state index in [-0.39, 0.29) is 6.42 Å². The molecule has 1 aliphatic rings. The van der Waals surface area contributed by atoms with Gasteiger partial charge in [0.25, 0.3) is 5.91 Å². The number of nitrogens with one attached hydrogen (secondary N) is 1. The number of rotatable bonds is 4. The van der Waals surface area contributed by atoms with Gasteiger partial charge in [0.05, 0.1) is 5.56 Å². The summed E-state index contributed by atoms with van der Waals surface area (Å²) in [7, 11) is 0. The van der Waals surface area contributed by atoms with Crippen LogP contribution in [0.3, 0.4) is 0 Å². The van der Waals surface area contributed by atoms with E-state index in [0.29, 0.717) is 11.3 Å². The molecule has 1 N–H and O–H groups in total. The number of ether oxygens (including phenoxy) is 2. The van der Waals surface area contributed by atoms with Crippen LogP contribution in [0.4, 0.5) is 5.69 Å². The van der Waals surface area contributed by atoms with Gasteiger partial charge in [-0.15, -0.1) is 0 Å². The fourth-order valence-corrected chi connectivity index (χ4v) is 2.71. The van der Waals surface area contributed by atoms with E-state index in [9.17, 15) is 14.4 Å². The van der Waals surface area contributed by atoms with Crippen LogP contribution in [-0.4, -0.2) is 30.6 Å². The molecule has 0 saturated carbocycles. The van der Waals surface area contributed by atoms with E-state index in [4.69, 9.17) is 9.47 Å². The molecule has 0 spiro atoms. The number of hydrogen-bond donors (Lipinski definition) is 1. The van der Waals surface area contributed by atoms with Gasteiger partial charge in [0.2, 0.25) is 6.10 Å². The van der Waals surface area contributed by atoms with Crippen molar-refractivity contribution in [1.29, 1.82) is 0 Å². The lowest BCUT2D eigenvalue weighted by atomic mass is 9.99. The minimum atomic E-state index is -1.04. The lowest BCUT2D eigenvalue weighted by molar-refractivity contribution is -0.156. The molecule has 0 aliphatic carbocycles. The maximum Gasteiger partial charge on any atom is 0.348 e. The Morgan fingerprint density at radius 3 is 2.69 bits per heavy atom. The summed E-state index contributed by atoms with van der Waals surface area (Å²) in [4.78, 5) is 36.0. The number of carbonyl (C=O) groups excluding carboxylic acids is 3. The van der Waals surface area contributed by atoms with Crippen LogP contribution in [0.25, 0.3) is 0 Å². The predicted octanol–water partition coefficient (Wildman–Crippen LogP) is 2.57. The number of esters is 2. The zero-order valence-corrected chi connectivity index (χ0v) is 14.6. The van der Waals surface area contributed by atoms with Gasteiger partial charge in [-0.05, 0) is 48.7 Å². The van der Waals surface area contributed by atoms with Crippen LogP contribution in [0, 0.1) is 13.8 Å². The quantitative estimate of drug-likeness (QED) is 0.855. The molecule has 1 amide bonds. The zero-order chi connectivity index (χ0) is 18.7. The molecule has 6 nitrogen and oxygen atoms in total. The predicted molar refractivity (Wildman–Crippen MR) is 94.9 cm³/mol. The van der Waals surface area contributed by atoms with Gasteiger partial charge in [0.15, 0.2) is 6.61 Å². The summed E-state index contributed by atoms with van der Waals surface area (Å²) in [5.74, 6) is -1.75. The highest BCUT2D eigenvalue weighted by molar-refractivity contribution is 5.96. The van der Waals surface area contributed by atoms with Gasteiger partial charge < -0.3 is 14.8 Å². The van der Waals surface area contributed by atoms with E-state index < -0.39 is 30.6 Å². The smallest absolute Gasteiger partial charge is 0.348 e. The van der Waals surface area contributed by atoms with E-state index in [0.717, 1.165) is 16.7 Å². The molecular formula is C20H19NO5. The second-order valence-corrected chi connectivity index (χ2v) is 6.21.